The van der Waals surface area contributed by atoms with E-state index in [4.69, 9.17) is 4.42 Å². The second-order valence-electron chi connectivity index (χ2n) is 3.91. The molecule has 0 saturated heterocycles. The van der Waals surface area contributed by atoms with Crippen molar-refractivity contribution < 1.29 is 22.4 Å². The summed E-state index contributed by atoms with van der Waals surface area (Å²) in [4.78, 5) is 11.6. The van der Waals surface area contributed by atoms with Crippen molar-refractivity contribution in [2.45, 2.75) is 12.6 Å². The first-order chi connectivity index (χ1) is 8.85. The van der Waals surface area contributed by atoms with Gasteiger partial charge in [0.25, 0.3) is 5.91 Å². The summed E-state index contributed by atoms with van der Waals surface area (Å²) in [6, 6.07) is 6.70. The van der Waals surface area contributed by atoms with Gasteiger partial charge in [-0.1, -0.05) is 15.9 Å². The fourth-order valence-electron chi connectivity index (χ4n) is 1.52. The Hall–Kier alpha value is -1.50. The van der Waals surface area contributed by atoms with Crippen molar-refractivity contribution in [2.75, 3.05) is 6.54 Å². The van der Waals surface area contributed by atoms with E-state index in [1.54, 1.807) is 18.2 Å². The molecule has 0 spiro atoms. The SMILES string of the molecule is O=C(NCCC(F)(F)F)c1cc2ccc(Br)cc2o1. The molecular formula is C12H9BrF3NO2. The highest BCUT2D eigenvalue weighted by atomic mass is 79.9. The van der Waals surface area contributed by atoms with E-state index in [2.05, 4.69) is 21.2 Å². The van der Waals surface area contributed by atoms with Crippen LogP contribution >= 0.6 is 15.9 Å². The Morgan fingerprint density at radius 3 is 2.74 bits per heavy atom. The molecule has 0 unspecified atom stereocenters. The Morgan fingerprint density at radius 2 is 2.05 bits per heavy atom. The molecule has 0 aliphatic carbocycles. The Bertz CT molecular complexity index is 607. The van der Waals surface area contributed by atoms with Gasteiger partial charge >= 0.3 is 6.18 Å². The molecule has 3 nitrogen and oxygen atoms in total. The number of alkyl halides is 3. The number of carbonyl (C=O) groups is 1. The lowest BCUT2D eigenvalue weighted by Gasteiger charge is -2.06. The normalized spacial score (nSPS) is 11.8. The van der Waals surface area contributed by atoms with Gasteiger partial charge in [-0.2, -0.15) is 13.2 Å². The number of rotatable bonds is 3. The van der Waals surface area contributed by atoms with Crippen LogP contribution in [0.1, 0.15) is 17.0 Å². The van der Waals surface area contributed by atoms with Crippen LogP contribution in [-0.4, -0.2) is 18.6 Å². The summed E-state index contributed by atoms with van der Waals surface area (Å²) in [7, 11) is 0. The quantitative estimate of drug-likeness (QED) is 0.924. The molecule has 1 heterocycles. The molecule has 102 valence electrons. The molecule has 1 aromatic heterocycles. The number of hydrogen-bond acceptors (Lipinski definition) is 2. The van der Waals surface area contributed by atoms with Gasteiger partial charge in [-0.15, -0.1) is 0 Å². The van der Waals surface area contributed by atoms with Gasteiger partial charge < -0.3 is 9.73 Å². The lowest BCUT2D eigenvalue weighted by molar-refractivity contribution is -0.133. The fraction of sp³-hybridized carbons (Fsp3) is 0.250. The van der Waals surface area contributed by atoms with Crippen LogP contribution in [0, 0.1) is 0 Å². The number of fused-ring (bicyclic) bond motifs is 1. The van der Waals surface area contributed by atoms with Crippen molar-refractivity contribution in [3.8, 4) is 0 Å². The maximum absolute atomic E-state index is 11.9. The van der Waals surface area contributed by atoms with Crippen molar-refractivity contribution in [1.29, 1.82) is 0 Å². The molecule has 0 atom stereocenters. The van der Waals surface area contributed by atoms with Crippen LogP contribution in [0.4, 0.5) is 13.2 Å². The van der Waals surface area contributed by atoms with Crippen LogP contribution < -0.4 is 5.32 Å². The topological polar surface area (TPSA) is 42.2 Å². The Labute approximate surface area is 114 Å². The zero-order valence-electron chi connectivity index (χ0n) is 9.55. The molecule has 2 rings (SSSR count). The molecule has 0 aliphatic rings. The number of carbonyl (C=O) groups excluding carboxylic acids is 1. The molecule has 0 bridgehead atoms. The van der Waals surface area contributed by atoms with E-state index in [9.17, 15) is 18.0 Å². The minimum absolute atomic E-state index is 0.00438. The van der Waals surface area contributed by atoms with Gasteiger partial charge in [0.1, 0.15) is 5.58 Å². The smallest absolute Gasteiger partial charge is 0.390 e. The average Bonchev–Trinajstić information content (AvgIpc) is 2.70. The van der Waals surface area contributed by atoms with Crippen molar-refractivity contribution in [1.82, 2.24) is 5.32 Å². The van der Waals surface area contributed by atoms with E-state index in [1.807, 2.05) is 0 Å². The number of furan rings is 1. The monoisotopic (exact) mass is 335 g/mol. The first-order valence-corrected chi connectivity index (χ1v) is 6.18. The lowest BCUT2D eigenvalue weighted by Crippen LogP contribution is -2.27. The van der Waals surface area contributed by atoms with Crippen LogP contribution in [0.25, 0.3) is 11.0 Å². The van der Waals surface area contributed by atoms with Crippen LogP contribution in [0.3, 0.4) is 0 Å². The Kier molecular flexibility index (Phi) is 3.84. The summed E-state index contributed by atoms with van der Waals surface area (Å²) < 4.78 is 41.9. The zero-order chi connectivity index (χ0) is 14.0. The second-order valence-corrected chi connectivity index (χ2v) is 4.83. The number of hydrogen-bond donors (Lipinski definition) is 1. The van der Waals surface area contributed by atoms with Crippen molar-refractivity contribution in [3.05, 3.63) is 34.5 Å². The summed E-state index contributed by atoms with van der Waals surface area (Å²) >= 11 is 3.26. The molecular weight excluding hydrogens is 327 g/mol. The molecule has 1 aromatic carbocycles. The second kappa shape index (κ2) is 5.24. The molecule has 0 radical (unpaired) electrons. The fourth-order valence-corrected chi connectivity index (χ4v) is 1.86. The van der Waals surface area contributed by atoms with Gasteiger partial charge in [0.05, 0.1) is 6.42 Å². The largest absolute Gasteiger partial charge is 0.451 e. The summed E-state index contributed by atoms with van der Waals surface area (Å²) in [5.41, 5.74) is 0.496. The van der Waals surface area contributed by atoms with Gasteiger partial charge in [-0.3, -0.25) is 4.79 Å². The van der Waals surface area contributed by atoms with Crippen LogP contribution in [0.5, 0.6) is 0 Å². The maximum atomic E-state index is 11.9. The number of nitrogens with one attached hydrogen (secondary N) is 1. The highest BCUT2D eigenvalue weighted by Gasteiger charge is 2.26. The minimum Gasteiger partial charge on any atom is -0.451 e. The highest BCUT2D eigenvalue weighted by molar-refractivity contribution is 9.10. The van der Waals surface area contributed by atoms with Crippen LogP contribution in [-0.2, 0) is 0 Å². The third-order valence-corrected chi connectivity index (χ3v) is 2.89. The van der Waals surface area contributed by atoms with Crippen LogP contribution in [0.2, 0.25) is 0 Å². The minimum atomic E-state index is -4.29. The third-order valence-electron chi connectivity index (χ3n) is 2.40. The molecule has 1 N–H and O–H groups in total. The summed E-state index contributed by atoms with van der Waals surface area (Å²) in [5, 5.41) is 2.88. The Balaban J connectivity index is 2.05. The summed E-state index contributed by atoms with van der Waals surface area (Å²) in [6.45, 7) is -0.469. The first-order valence-electron chi connectivity index (χ1n) is 5.39. The number of benzene rings is 1. The molecule has 19 heavy (non-hydrogen) atoms. The van der Waals surface area contributed by atoms with E-state index >= 15 is 0 Å². The molecule has 0 saturated carbocycles. The average molecular weight is 336 g/mol. The molecule has 1 amide bonds. The first kappa shape index (κ1) is 13.9. The molecule has 0 aliphatic heterocycles. The predicted molar refractivity (Wildman–Crippen MR) is 66.9 cm³/mol. The third kappa shape index (κ3) is 3.73. The van der Waals surface area contributed by atoms with Crippen molar-refractivity contribution >= 4 is 32.8 Å². The van der Waals surface area contributed by atoms with Crippen molar-refractivity contribution in [2.24, 2.45) is 0 Å². The van der Waals surface area contributed by atoms with E-state index in [-0.39, 0.29) is 5.76 Å². The van der Waals surface area contributed by atoms with Crippen LogP contribution in [0.15, 0.2) is 33.2 Å². The highest BCUT2D eigenvalue weighted by Crippen LogP contribution is 2.23. The van der Waals surface area contributed by atoms with Gasteiger partial charge in [0.15, 0.2) is 5.76 Å². The summed E-state index contributed by atoms with van der Waals surface area (Å²) in [6.07, 6.45) is -5.35. The van der Waals surface area contributed by atoms with Gasteiger partial charge in [0.2, 0.25) is 0 Å². The maximum Gasteiger partial charge on any atom is 0.390 e. The Morgan fingerprint density at radius 1 is 1.32 bits per heavy atom. The van der Waals surface area contributed by atoms with Gasteiger partial charge in [-0.05, 0) is 24.3 Å². The zero-order valence-corrected chi connectivity index (χ0v) is 11.1. The molecule has 2 aromatic rings. The standard InChI is InChI=1S/C12H9BrF3NO2/c13-8-2-1-7-5-10(19-9(7)6-8)11(18)17-4-3-12(14,15)16/h1-2,5-6H,3-4H2,(H,17,18). The molecule has 7 heteroatoms. The van der Waals surface area contributed by atoms with Gasteiger partial charge in [0, 0.05) is 16.4 Å². The number of amides is 1. The van der Waals surface area contributed by atoms with E-state index < -0.39 is 25.0 Å². The van der Waals surface area contributed by atoms with Gasteiger partial charge in [-0.25, -0.2) is 0 Å². The predicted octanol–water partition coefficient (Wildman–Crippen LogP) is 3.88. The van der Waals surface area contributed by atoms with E-state index in [1.165, 1.54) is 6.07 Å². The molecule has 0 fully saturated rings. The van der Waals surface area contributed by atoms with Crippen molar-refractivity contribution in [3.63, 3.8) is 0 Å². The van der Waals surface area contributed by atoms with E-state index in [0.29, 0.717) is 11.0 Å². The number of halogens is 4. The lowest BCUT2D eigenvalue weighted by atomic mass is 10.2. The summed E-state index contributed by atoms with van der Waals surface area (Å²) in [5.74, 6) is -0.660. The van der Waals surface area contributed by atoms with E-state index in [0.717, 1.165) is 4.47 Å².